The molecule has 0 aliphatic rings. The van der Waals surface area contributed by atoms with Crippen LogP contribution in [0.2, 0.25) is 5.02 Å². The highest BCUT2D eigenvalue weighted by Gasteiger charge is 2.18. The van der Waals surface area contributed by atoms with Crippen molar-refractivity contribution >= 4 is 38.3 Å². The molecule has 0 heterocycles. The van der Waals surface area contributed by atoms with Crippen LogP contribution in [0.5, 0.6) is 0 Å². The van der Waals surface area contributed by atoms with Gasteiger partial charge in [0.05, 0.1) is 4.90 Å². The van der Waals surface area contributed by atoms with Gasteiger partial charge in [-0.25, -0.2) is 13.1 Å². The van der Waals surface area contributed by atoms with Crippen molar-refractivity contribution in [2.24, 2.45) is 0 Å². The number of rotatable bonds is 3. The van der Waals surface area contributed by atoms with Crippen LogP contribution >= 0.6 is 11.6 Å². The largest absolute Gasteiger partial charge is 0.268 e. The number of benzene rings is 3. The fourth-order valence-electron chi connectivity index (χ4n) is 2.18. The minimum atomic E-state index is -3.94. The maximum atomic E-state index is 12.2. The molecule has 23 heavy (non-hydrogen) atoms. The lowest BCUT2D eigenvalue weighted by Gasteiger charge is -2.08. The van der Waals surface area contributed by atoms with E-state index in [2.05, 4.69) is 4.72 Å². The summed E-state index contributed by atoms with van der Waals surface area (Å²) in [5, 5.41) is 2.26. The van der Waals surface area contributed by atoms with E-state index in [1.807, 2.05) is 24.3 Å². The Bertz CT molecular complexity index is 982. The summed E-state index contributed by atoms with van der Waals surface area (Å²) in [6.45, 7) is 0. The number of hydrogen-bond acceptors (Lipinski definition) is 3. The third-order valence-corrected chi connectivity index (χ3v) is 4.96. The molecule has 0 aliphatic heterocycles. The second-order valence-corrected chi connectivity index (χ2v) is 7.07. The van der Waals surface area contributed by atoms with Gasteiger partial charge in [0.2, 0.25) is 0 Å². The average Bonchev–Trinajstić information content (AvgIpc) is 2.54. The van der Waals surface area contributed by atoms with E-state index in [0.717, 1.165) is 10.8 Å². The second kappa shape index (κ2) is 6.02. The van der Waals surface area contributed by atoms with E-state index in [1.54, 1.807) is 18.2 Å². The summed E-state index contributed by atoms with van der Waals surface area (Å²) in [4.78, 5) is 12.2. The predicted molar refractivity (Wildman–Crippen MR) is 90.1 cm³/mol. The van der Waals surface area contributed by atoms with Gasteiger partial charge in [-0.1, -0.05) is 41.9 Å². The molecule has 0 spiro atoms. The molecule has 0 radical (unpaired) electrons. The van der Waals surface area contributed by atoms with Crippen LogP contribution in [0.15, 0.2) is 71.6 Å². The molecule has 1 amide bonds. The maximum Gasteiger partial charge on any atom is 0.265 e. The number of carbonyl (C=O) groups is 1. The minimum absolute atomic E-state index is 0.0176. The fraction of sp³-hybridized carbons (Fsp3) is 0. The van der Waals surface area contributed by atoms with Crippen molar-refractivity contribution in [2.75, 3.05) is 0 Å². The van der Waals surface area contributed by atoms with E-state index in [-0.39, 0.29) is 10.5 Å². The lowest BCUT2D eigenvalue weighted by Crippen LogP contribution is -2.30. The molecule has 0 saturated carbocycles. The first-order chi connectivity index (χ1) is 11.0. The molecule has 0 unspecified atom stereocenters. The SMILES string of the molecule is O=C(NS(=O)(=O)c1ccc(Cl)cc1)c1ccc2ccccc2c1. The molecule has 6 heteroatoms. The van der Waals surface area contributed by atoms with Gasteiger partial charge in [0, 0.05) is 10.6 Å². The highest BCUT2D eigenvalue weighted by atomic mass is 35.5. The Morgan fingerprint density at radius 3 is 2.22 bits per heavy atom. The van der Waals surface area contributed by atoms with E-state index >= 15 is 0 Å². The molecule has 4 nitrogen and oxygen atoms in total. The highest BCUT2D eigenvalue weighted by Crippen LogP contribution is 2.17. The Morgan fingerprint density at radius 2 is 1.52 bits per heavy atom. The monoisotopic (exact) mass is 345 g/mol. The molecule has 0 fully saturated rings. The predicted octanol–water partition coefficient (Wildman–Crippen LogP) is 3.61. The molecule has 3 aromatic carbocycles. The zero-order valence-electron chi connectivity index (χ0n) is 11.9. The zero-order valence-corrected chi connectivity index (χ0v) is 13.4. The summed E-state index contributed by atoms with van der Waals surface area (Å²) < 4.78 is 26.5. The average molecular weight is 346 g/mol. The molecule has 3 rings (SSSR count). The number of halogens is 1. The molecule has 0 aromatic heterocycles. The number of sulfonamides is 1. The molecule has 0 aliphatic carbocycles. The summed E-state index contributed by atoms with van der Waals surface area (Å²) in [5.41, 5.74) is 0.279. The molecule has 116 valence electrons. The maximum absolute atomic E-state index is 12.2. The van der Waals surface area contributed by atoms with Crippen LogP contribution in [-0.4, -0.2) is 14.3 Å². The van der Waals surface area contributed by atoms with Crippen LogP contribution in [0.3, 0.4) is 0 Å². The number of fused-ring (bicyclic) bond motifs is 1. The van der Waals surface area contributed by atoms with Crippen molar-refractivity contribution in [3.8, 4) is 0 Å². The topological polar surface area (TPSA) is 63.2 Å². The van der Waals surface area contributed by atoms with Gasteiger partial charge in [0.15, 0.2) is 0 Å². The normalized spacial score (nSPS) is 11.3. The van der Waals surface area contributed by atoms with E-state index in [9.17, 15) is 13.2 Å². The third-order valence-electron chi connectivity index (χ3n) is 3.36. The zero-order chi connectivity index (χ0) is 16.4. The first kappa shape index (κ1) is 15.5. The van der Waals surface area contributed by atoms with E-state index in [0.29, 0.717) is 5.02 Å². The van der Waals surface area contributed by atoms with Gasteiger partial charge in [-0.3, -0.25) is 4.79 Å². The number of hydrogen-bond donors (Lipinski definition) is 1. The summed E-state index contributed by atoms with van der Waals surface area (Å²) in [6, 6.07) is 18.2. The Balaban J connectivity index is 1.88. The summed E-state index contributed by atoms with van der Waals surface area (Å²) in [5.74, 6) is -0.675. The molecule has 0 saturated heterocycles. The first-order valence-corrected chi connectivity index (χ1v) is 8.63. The first-order valence-electron chi connectivity index (χ1n) is 6.77. The van der Waals surface area contributed by atoms with Crippen LogP contribution in [-0.2, 0) is 10.0 Å². The number of nitrogens with one attached hydrogen (secondary N) is 1. The van der Waals surface area contributed by atoms with Gasteiger partial charge >= 0.3 is 0 Å². The van der Waals surface area contributed by atoms with Crippen LogP contribution in [0.4, 0.5) is 0 Å². The molecule has 0 bridgehead atoms. The lowest BCUT2D eigenvalue weighted by molar-refractivity contribution is 0.0981. The Hall–Kier alpha value is -2.37. The van der Waals surface area contributed by atoms with Crippen molar-refractivity contribution in [3.05, 3.63) is 77.3 Å². The Labute approximate surface area is 138 Å². The Kier molecular flexibility index (Phi) is 4.07. The molecular weight excluding hydrogens is 334 g/mol. The fourth-order valence-corrected chi connectivity index (χ4v) is 3.28. The van der Waals surface area contributed by atoms with Crippen molar-refractivity contribution < 1.29 is 13.2 Å². The van der Waals surface area contributed by atoms with Crippen LogP contribution in [0.1, 0.15) is 10.4 Å². The smallest absolute Gasteiger partial charge is 0.265 e. The van der Waals surface area contributed by atoms with Crippen molar-refractivity contribution in [1.82, 2.24) is 4.72 Å². The Morgan fingerprint density at radius 1 is 0.870 bits per heavy atom. The molecule has 1 N–H and O–H groups in total. The lowest BCUT2D eigenvalue weighted by atomic mass is 10.1. The second-order valence-electron chi connectivity index (χ2n) is 4.95. The minimum Gasteiger partial charge on any atom is -0.268 e. The van der Waals surface area contributed by atoms with Gasteiger partial charge in [-0.05, 0) is 47.2 Å². The van der Waals surface area contributed by atoms with Gasteiger partial charge in [-0.15, -0.1) is 0 Å². The van der Waals surface area contributed by atoms with Crippen LogP contribution in [0, 0.1) is 0 Å². The number of amides is 1. The quantitative estimate of drug-likeness (QED) is 0.788. The van der Waals surface area contributed by atoms with E-state index < -0.39 is 15.9 Å². The van der Waals surface area contributed by atoms with Crippen molar-refractivity contribution in [3.63, 3.8) is 0 Å². The number of carbonyl (C=O) groups excluding carboxylic acids is 1. The summed E-state index contributed by atoms with van der Waals surface area (Å²) in [6.07, 6.45) is 0. The van der Waals surface area contributed by atoms with Gasteiger partial charge in [0.1, 0.15) is 0 Å². The van der Waals surface area contributed by atoms with Crippen molar-refractivity contribution in [2.45, 2.75) is 4.90 Å². The van der Waals surface area contributed by atoms with Gasteiger partial charge in [-0.2, -0.15) is 0 Å². The summed E-state index contributed by atoms with van der Waals surface area (Å²) in [7, 11) is -3.94. The van der Waals surface area contributed by atoms with Crippen LogP contribution in [0.25, 0.3) is 10.8 Å². The standard InChI is InChI=1S/C17H12ClNO3S/c18-15-7-9-16(10-8-15)23(21,22)19-17(20)14-6-5-12-3-1-2-4-13(12)11-14/h1-11H,(H,19,20). The van der Waals surface area contributed by atoms with Gasteiger partial charge < -0.3 is 0 Å². The summed E-state index contributed by atoms with van der Waals surface area (Å²) >= 11 is 5.74. The third kappa shape index (κ3) is 3.36. The van der Waals surface area contributed by atoms with Gasteiger partial charge in [0.25, 0.3) is 15.9 Å². The molecular formula is C17H12ClNO3S. The van der Waals surface area contributed by atoms with Crippen molar-refractivity contribution in [1.29, 1.82) is 0 Å². The van der Waals surface area contributed by atoms with E-state index in [1.165, 1.54) is 24.3 Å². The highest BCUT2D eigenvalue weighted by molar-refractivity contribution is 7.90. The van der Waals surface area contributed by atoms with Crippen LogP contribution < -0.4 is 4.72 Å². The molecule has 0 atom stereocenters. The van der Waals surface area contributed by atoms with E-state index in [4.69, 9.17) is 11.6 Å². The molecule has 3 aromatic rings.